The van der Waals surface area contributed by atoms with Gasteiger partial charge in [0.05, 0.1) is 12.5 Å². The lowest BCUT2D eigenvalue weighted by Crippen LogP contribution is -2.57. The fourth-order valence-corrected chi connectivity index (χ4v) is 6.35. The number of rotatable bonds is 8. The van der Waals surface area contributed by atoms with Crippen LogP contribution in [0.3, 0.4) is 0 Å². The molecule has 4 rings (SSSR count). The predicted octanol–water partition coefficient (Wildman–Crippen LogP) is 2.21. The Morgan fingerprint density at radius 2 is 1.91 bits per heavy atom. The number of nitrogens with zero attached hydrogens (tertiary/aromatic N) is 2. The summed E-state index contributed by atoms with van der Waals surface area (Å²) in [4.78, 5) is 44.9. The van der Waals surface area contributed by atoms with E-state index in [0.29, 0.717) is 38.8 Å². The summed E-state index contributed by atoms with van der Waals surface area (Å²) < 4.78 is 12.4. The molecule has 0 aromatic carbocycles. The first-order valence-corrected chi connectivity index (χ1v) is 12.8. The minimum Gasteiger partial charge on any atom is -0.465 e. The number of amides is 2. The number of cyclic esters (lactones) is 1. The highest BCUT2D eigenvalue weighted by Gasteiger charge is 2.75. The number of carbonyl (C=O) groups excluding carboxylic acids is 3. The zero-order valence-corrected chi connectivity index (χ0v) is 20.6. The van der Waals surface area contributed by atoms with Crippen LogP contribution < -0.4 is 0 Å². The van der Waals surface area contributed by atoms with Gasteiger partial charge in [0.1, 0.15) is 23.2 Å². The number of hydrogen-bond donors (Lipinski definition) is 1. The number of ether oxygens (including phenoxy) is 2. The molecule has 8 nitrogen and oxygen atoms in total. The summed E-state index contributed by atoms with van der Waals surface area (Å²) in [5.74, 6) is -2.45. The van der Waals surface area contributed by atoms with Crippen LogP contribution in [0.25, 0.3) is 0 Å². The van der Waals surface area contributed by atoms with Crippen molar-refractivity contribution in [1.82, 2.24) is 9.80 Å². The zero-order chi connectivity index (χ0) is 24.5. The Labute approximate surface area is 201 Å². The van der Waals surface area contributed by atoms with Crippen molar-refractivity contribution in [3.05, 3.63) is 24.3 Å². The van der Waals surface area contributed by atoms with Crippen LogP contribution in [0.1, 0.15) is 59.3 Å². The minimum atomic E-state index is -1.23. The molecule has 2 amide bonds. The SMILES string of the molecule is CCCC(C)N1CC=C[C@]23O[C@@]4(CC)C=CCCOC(=O)[C@H]4[C@H]2C(=O)N(CCCCO)C3C1=O. The summed E-state index contributed by atoms with van der Waals surface area (Å²) in [6, 6.07) is -0.828. The molecule has 0 aliphatic carbocycles. The van der Waals surface area contributed by atoms with E-state index in [4.69, 9.17) is 9.47 Å². The van der Waals surface area contributed by atoms with Gasteiger partial charge in [0, 0.05) is 25.7 Å². The van der Waals surface area contributed by atoms with Crippen LogP contribution in [-0.2, 0) is 23.9 Å². The van der Waals surface area contributed by atoms with Crippen molar-refractivity contribution < 1.29 is 29.0 Å². The van der Waals surface area contributed by atoms with E-state index in [1.54, 1.807) is 4.90 Å². The third kappa shape index (κ3) is 3.79. The number of likely N-dealkylation sites (tertiary alicyclic amines) is 1. The number of unbranched alkanes of at least 4 members (excludes halogenated alkanes) is 1. The summed E-state index contributed by atoms with van der Waals surface area (Å²) in [7, 11) is 0. The maximum Gasteiger partial charge on any atom is 0.313 e. The van der Waals surface area contributed by atoms with Crippen LogP contribution in [-0.4, -0.2) is 82.3 Å². The lowest BCUT2D eigenvalue weighted by Gasteiger charge is -2.39. The van der Waals surface area contributed by atoms with Gasteiger partial charge in [0.15, 0.2) is 0 Å². The molecule has 4 heterocycles. The molecular formula is C26H38N2O6. The number of carbonyl (C=O) groups is 3. The van der Waals surface area contributed by atoms with E-state index in [9.17, 15) is 19.5 Å². The normalized spacial score (nSPS) is 35.9. The standard InChI is InChI=1S/C26H38N2O6/c1-4-11-18(3)27-15-10-13-26-19(22(30)28(14-7-8-16-29)21(26)23(27)31)20-24(32)33-17-9-6-12-25(20,5-2)34-26/h6,10,12-13,18-21,29H,4-5,7-9,11,14-17H2,1-3H3/t18?,19-,20+,21?,25-,26-/m0/s1. The molecule has 188 valence electrons. The first-order valence-electron chi connectivity index (χ1n) is 12.8. The number of aliphatic hydroxyl groups is 1. The number of fused-ring (bicyclic) bond motifs is 2. The van der Waals surface area contributed by atoms with Crippen molar-refractivity contribution in [2.24, 2.45) is 11.8 Å². The Balaban J connectivity index is 1.83. The van der Waals surface area contributed by atoms with E-state index in [0.717, 1.165) is 12.8 Å². The van der Waals surface area contributed by atoms with E-state index in [1.807, 2.05) is 43.1 Å². The zero-order valence-electron chi connectivity index (χ0n) is 20.6. The Bertz CT molecular complexity index is 871. The Morgan fingerprint density at radius 3 is 2.62 bits per heavy atom. The molecule has 1 N–H and O–H groups in total. The van der Waals surface area contributed by atoms with Crippen LogP contribution in [0.2, 0.25) is 0 Å². The van der Waals surface area contributed by atoms with Crippen molar-refractivity contribution in [2.45, 2.75) is 82.6 Å². The molecule has 4 aliphatic rings. The molecule has 0 saturated carbocycles. The van der Waals surface area contributed by atoms with Gasteiger partial charge < -0.3 is 24.4 Å². The van der Waals surface area contributed by atoms with E-state index in [-0.39, 0.29) is 31.1 Å². The maximum absolute atomic E-state index is 14.1. The van der Waals surface area contributed by atoms with Crippen LogP contribution in [0.15, 0.2) is 24.3 Å². The van der Waals surface area contributed by atoms with Crippen LogP contribution >= 0.6 is 0 Å². The molecule has 1 spiro atoms. The number of hydrogen-bond acceptors (Lipinski definition) is 6. The van der Waals surface area contributed by atoms with Gasteiger partial charge in [-0.1, -0.05) is 44.6 Å². The molecule has 4 aliphatic heterocycles. The summed E-state index contributed by atoms with van der Waals surface area (Å²) in [5, 5.41) is 9.30. The maximum atomic E-state index is 14.1. The summed E-state index contributed by atoms with van der Waals surface area (Å²) >= 11 is 0. The average Bonchev–Trinajstić information content (AvgIpc) is 3.14. The smallest absolute Gasteiger partial charge is 0.313 e. The van der Waals surface area contributed by atoms with E-state index in [2.05, 4.69) is 6.92 Å². The average molecular weight is 475 g/mol. The number of esters is 1. The molecule has 2 unspecified atom stereocenters. The van der Waals surface area contributed by atoms with Crippen LogP contribution in [0, 0.1) is 11.8 Å². The topological polar surface area (TPSA) is 96.4 Å². The van der Waals surface area contributed by atoms with Gasteiger partial charge >= 0.3 is 5.97 Å². The minimum absolute atomic E-state index is 0.0178. The Kier molecular flexibility index (Phi) is 7.20. The largest absolute Gasteiger partial charge is 0.465 e. The van der Waals surface area contributed by atoms with E-state index < -0.39 is 35.0 Å². The number of aliphatic hydroxyl groups excluding tert-OH is 1. The van der Waals surface area contributed by atoms with Gasteiger partial charge in [-0.25, -0.2) is 0 Å². The van der Waals surface area contributed by atoms with Crippen molar-refractivity contribution >= 4 is 17.8 Å². The van der Waals surface area contributed by atoms with Crippen molar-refractivity contribution in [2.75, 3.05) is 26.3 Å². The quantitative estimate of drug-likeness (QED) is 0.329. The fourth-order valence-electron chi connectivity index (χ4n) is 6.35. The summed E-state index contributed by atoms with van der Waals surface area (Å²) in [6.07, 6.45) is 11.7. The monoisotopic (exact) mass is 474 g/mol. The molecule has 2 saturated heterocycles. The molecule has 6 atom stereocenters. The Morgan fingerprint density at radius 1 is 1.12 bits per heavy atom. The van der Waals surface area contributed by atoms with Crippen LogP contribution in [0.4, 0.5) is 0 Å². The molecule has 0 aromatic heterocycles. The third-order valence-corrected chi connectivity index (χ3v) is 7.98. The Hall–Kier alpha value is -2.19. The van der Waals surface area contributed by atoms with E-state index >= 15 is 0 Å². The molecule has 34 heavy (non-hydrogen) atoms. The second-order valence-electron chi connectivity index (χ2n) is 9.97. The first kappa shape index (κ1) is 24.9. The van der Waals surface area contributed by atoms with Gasteiger partial charge in [-0.15, -0.1) is 0 Å². The predicted molar refractivity (Wildman–Crippen MR) is 126 cm³/mol. The van der Waals surface area contributed by atoms with Gasteiger partial charge in [0.2, 0.25) is 11.8 Å². The highest BCUT2D eigenvalue weighted by Crippen LogP contribution is 2.58. The van der Waals surface area contributed by atoms with Crippen LogP contribution in [0.5, 0.6) is 0 Å². The van der Waals surface area contributed by atoms with Crippen molar-refractivity contribution in [3.63, 3.8) is 0 Å². The fraction of sp³-hybridized carbons (Fsp3) is 0.731. The molecular weight excluding hydrogens is 436 g/mol. The van der Waals surface area contributed by atoms with E-state index in [1.165, 1.54) is 0 Å². The molecule has 0 radical (unpaired) electrons. The molecule has 8 heteroatoms. The summed E-state index contributed by atoms with van der Waals surface area (Å²) in [6.45, 7) is 7.13. The second-order valence-corrected chi connectivity index (χ2v) is 9.97. The van der Waals surface area contributed by atoms with Gasteiger partial charge in [-0.3, -0.25) is 14.4 Å². The lowest BCUT2D eigenvalue weighted by molar-refractivity contribution is -0.162. The first-order chi connectivity index (χ1) is 16.4. The second kappa shape index (κ2) is 9.82. The molecule has 0 aromatic rings. The highest BCUT2D eigenvalue weighted by atomic mass is 16.6. The highest BCUT2D eigenvalue weighted by molar-refractivity contribution is 5.99. The lowest BCUT2D eigenvalue weighted by atomic mass is 9.73. The third-order valence-electron chi connectivity index (χ3n) is 7.98. The van der Waals surface area contributed by atoms with Gasteiger partial charge in [-0.05, 0) is 39.0 Å². The van der Waals surface area contributed by atoms with Gasteiger partial charge in [-0.2, -0.15) is 0 Å². The van der Waals surface area contributed by atoms with Gasteiger partial charge in [0.25, 0.3) is 0 Å². The van der Waals surface area contributed by atoms with Crippen molar-refractivity contribution in [1.29, 1.82) is 0 Å². The summed E-state index contributed by atoms with van der Waals surface area (Å²) in [5.41, 5.74) is -2.23. The molecule has 0 bridgehead atoms. The molecule has 2 fully saturated rings. The van der Waals surface area contributed by atoms with Crippen molar-refractivity contribution in [3.8, 4) is 0 Å².